The maximum Gasteiger partial charge on any atom is 0.251 e. The van der Waals surface area contributed by atoms with Crippen LogP contribution in [0.1, 0.15) is 28.8 Å². The molecule has 2 aromatic carbocycles. The van der Waals surface area contributed by atoms with Crippen LogP contribution in [0, 0.1) is 0 Å². The van der Waals surface area contributed by atoms with Crippen LogP contribution in [0.15, 0.2) is 53.4 Å². The van der Waals surface area contributed by atoms with Gasteiger partial charge in [0.2, 0.25) is 0 Å². The molecule has 1 unspecified atom stereocenters. The average molecular weight is 326 g/mol. The van der Waals surface area contributed by atoms with Gasteiger partial charge in [-0.25, -0.2) is 0 Å². The van der Waals surface area contributed by atoms with Crippen molar-refractivity contribution < 1.29 is 4.79 Å². The molecule has 0 bridgehead atoms. The number of nitrogens with zero attached hydrogens (tertiary/aromatic N) is 1. The minimum Gasteiger partial charge on any atom is -0.373 e. The van der Waals surface area contributed by atoms with E-state index in [1.54, 1.807) is 0 Å². The van der Waals surface area contributed by atoms with Crippen LogP contribution in [0.4, 0.5) is 5.69 Å². The standard InChI is InChI=1S/C19H22N2OS/c1-14(15-6-4-3-5-7-15)13-20-19(22)16-8-9-18-17(12-16)21(2)10-11-23-18/h3-9,12,14H,10-11,13H2,1-2H3,(H,20,22). The number of benzene rings is 2. The molecular formula is C19H22N2OS. The summed E-state index contributed by atoms with van der Waals surface area (Å²) >= 11 is 1.86. The Hall–Kier alpha value is -1.94. The molecule has 23 heavy (non-hydrogen) atoms. The Morgan fingerprint density at radius 3 is 2.83 bits per heavy atom. The fraction of sp³-hybridized carbons (Fsp3) is 0.316. The van der Waals surface area contributed by atoms with Gasteiger partial charge in [-0.05, 0) is 29.7 Å². The van der Waals surface area contributed by atoms with E-state index in [2.05, 4.69) is 42.4 Å². The van der Waals surface area contributed by atoms with Gasteiger partial charge in [-0.3, -0.25) is 4.79 Å². The highest BCUT2D eigenvalue weighted by Gasteiger charge is 2.17. The molecule has 1 aliphatic heterocycles. The van der Waals surface area contributed by atoms with Crippen molar-refractivity contribution in [2.75, 3.05) is 30.8 Å². The lowest BCUT2D eigenvalue weighted by Crippen LogP contribution is -2.28. The third kappa shape index (κ3) is 3.70. The monoisotopic (exact) mass is 326 g/mol. The normalized spacial score (nSPS) is 15.0. The number of carbonyl (C=O) groups is 1. The lowest BCUT2D eigenvalue weighted by atomic mass is 10.0. The number of carbonyl (C=O) groups excluding carboxylic acids is 1. The second kappa shape index (κ2) is 7.09. The molecule has 0 aromatic heterocycles. The van der Waals surface area contributed by atoms with Crippen LogP contribution in [0.3, 0.4) is 0 Å². The van der Waals surface area contributed by atoms with E-state index >= 15 is 0 Å². The van der Waals surface area contributed by atoms with Gasteiger partial charge in [0.1, 0.15) is 0 Å². The molecule has 0 radical (unpaired) electrons. The zero-order valence-corrected chi connectivity index (χ0v) is 14.4. The Morgan fingerprint density at radius 1 is 1.26 bits per heavy atom. The fourth-order valence-electron chi connectivity index (χ4n) is 2.74. The minimum atomic E-state index is -0.000412. The molecule has 0 spiro atoms. The fourth-order valence-corrected chi connectivity index (χ4v) is 3.85. The Labute approximate surface area is 142 Å². The Morgan fingerprint density at radius 2 is 2.04 bits per heavy atom. The summed E-state index contributed by atoms with van der Waals surface area (Å²) in [6, 6.07) is 16.3. The van der Waals surface area contributed by atoms with E-state index in [0.717, 1.165) is 23.5 Å². The molecule has 0 aliphatic carbocycles. The molecule has 2 aromatic rings. The van der Waals surface area contributed by atoms with Crippen LogP contribution < -0.4 is 10.2 Å². The van der Waals surface area contributed by atoms with Gasteiger partial charge in [-0.15, -0.1) is 11.8 Å². The molecule has 1 N–H and O–H groups in total. The third-order valence-corrected chi connectivity index (χ3v) is 5.30. The summed E-state index contributed by atoms with van der Waals surface area (Å²) in [7, 11) is 2.08. The maximum atomic E-state index is 12.4. The highest BCUT2D eigenvalue weighted by molar-refractivity contribution is 7.99. The van der Waals surface area contributed by atoms with Gasteiger partial charge in [0, 0.05) is 36.3 Å². The predicted molar refractivity (Wildman–Crippen MR) is 97.6 cm³/mol. The zero-order valence-electron chi connectivity index (χ0n) is 13.6. The van der Waals surface area contributed by atoms with Crippen molar-refractivity contribution in [1.29, 1.82) is 0 Å². The second-order valence-electron chi connectivity index (χ2n) is 5.97. The maximum absolute atomic E-state index is 12.4. The number of amides is 1. The molecule has 1 amide bonds. The summed E-state index contributed by atoms with van der Waals surface area (Å²) in [6.07, 6.45) is 0. The Balaban J connectivity index is 1.66. The van der Waals surface area contributed by atoms with E-state index in [1.807, 2.05) is 42.1 Å². The molecule has 4 heteroatoms. The minimum absolute atomic E-state index is 0.000412. The van der Waals surface area contributed by atoms with E-state index in [0.29, 0.717) is 12.5 Å². The number of thioether (sulfide) groups is 1. The highest BCUT2D eigenvalue weighted by Crippen LogP contribution is 2.34. The van der Waals surface area contributed by atoms with Crippen molar-refractivity contribution >= 4 is 23.4 Å². The van der Waals surface area contributed by atoms with Crippen molar-refractivity contribution in [2.45, 2.75) is 17.7 Å². The van der Waals surface area contributed by atoms with Crippen LogP contribution in [-0.4, -0.2) is 31.8 Å². The summed E-state index contributed by atoms with van der Waals surface area (Å²) in [5.41, 5.74) is 3.14. The molecular weight excluding hydrogens is 304 g/mol. The molecule has 0 saturated heterocycles. The molecule has 1 aliphatic rings. The first-order chi connectivity index (χ1) is 11.1. The van der Waals surface area contributed by atoms with E-state index in [4.69, 9.17) is 0 Å². The lowest BCUT2D eigenvalue weighted by Gasteiger charge is -2.27. The van der Waals surface area contributed by atoms with E-state index in [9.17, 15) is 4.79 Å². The van der Waals surface area contributed by atoms with Crippen molar-refractivity contribution in [2.24, 2.45) is 0 Å². The number of rotatable bonds is 4. The van der Waals surface area contributed by atoms with Gasteiger partial charge in [-0.1, -0.05) is 37.3 Å². The zero-order chi connectivity index (χ0) is 16.2. The van der Waals surface area contributed by atoms with Crippen LogP contribution in [0.5, 0.6) is 0 Å². The van der Waals surface area contributed by atoms with Gasteiger partial charge >= 0.3 is 0 Å². The summed E-state index contributed by atoms with van der Waals surface area (Å²) in [6.45, 7) is 3.80. The quantitative estimate of drug-likeness (QED) is 0.928. The SMILES string of the molecule is CC(CNC(=O)c1ccc2c(c1)N(C)CCS2)c1ccccc1. The van der Waals surface area contributed by atoms with Crippen LogP contribution in [-0.2, 0) is 0 Å². The van der Waals surface area contributed by atoms with Gasteiger partial charge in [-0.2, -0.15) is 0 Å². The summed E-state index contributed by atoms with van der Waals surface area (Å²) in [5, 5.41) is 3.05. The largest absolute Gasteiger partial charge is 0.373 e. The molecule has 3 rings (SSSR count). The number of hydrogen-bond acceptors (Lipinski definition) is 3. The van der Waals surface area contributed by atoms with E-state index in [1.165, 1.54) is 10.5 Å². The summed E-state index contributed by atoms with van der Waals surface area (Å²) in [5.74, 6) is 1.40. The van der Waals surface area contributed by atoms with Crippen LogP contribution in [0.25, 0.3) is 0 Å². The van der Waals surface area contributed by atoms with Crippen LogP contribution in [0.2, 0.25) is 0 Å². The molecule has 0 saturated carbocycles. The van der Waals surface area contributed by atoms with Crippen LogP contribution >= 0.6 is 11.8 Å². The van der Waals surface area contributed by atoms with Crippen molar-refractivity contribution in [3.63, 3.8) is 0 Å². The number of nitrogens with one attached hydrogen (secondary N) is 1. The summed E-state index contributed by atoms with van der Waals surface area (Å²) in [4.78, 5) is 15.9. The van der Waals surface area contributed by atoms with Gasteiger partial charge in [0.05, 0.1) is 5.69 Å². The van der Waals surface area contributed by atoms with Gasteiger partial charge < -0.3 is 10.2 Å². The van der Waals surface area contributed by atoms with Crippen molar-refractivity contribution in [3.8, 4) is 0 Å². The van der Waals surface area contributed by atoms with Gasteiger partial charge in [0.15, 0.2) is 0 Å². The van der Waals surface area contributed by atoms with Crippen molar-refractivity contribution in [1.82, 2.24) is 5.32 Å². The molecule has 0 fully saturated rings. The highest BCUT2D eigenvalue weighted by atomic mass is 32.2. The Kier molecular flexibility index (Phi) is 4.91. The number of fused-ring (bicyclic) bond motifs is 1. The number of anilines is 1. The second-order valence-corrected chi connectivity index (χ2v) is 7.11. The first-order valence-electron chi connectivity index (χ1n) is 7.96. The third-order valence-electron chi connectivity index (χ3n) is 4.25. The van der Waals surface area contributed by atoms with E-state index in [-0.39, 0.29) is 5.91 Å². The first-order valence-corrected chi connectivity index (χ1v) is 8.95. The lowest BCUT2D eigenvalue weighted by molar-refractivity contribution is 0.0951. The molecule has 1 heterocycles. The van der Waals surface area contributed by atoms with E-state index < -0.39 is 0 Å². The molecule has 3 nitrogen and oxygen atoms in total. The average Bonchev–Trinajstić information content (AvgIpc) is 2.60. The number of hydrogen-bond donors (Lipinski definition) is 1. The first kappa shape index (κ1) is 15.9. The molecule has 120 valence electrons. The van der Waals surface area contributed by atoms with Gasteiger partial charge in [0.25, 0.3) is 5.91 Å². The topological polar surface area (TPSA) is 32.3 Å². The van der Waals surface area contributed by atoms with Crippen molar-refractivity contribution in [3.05, 3.63) is 59.7 Å². The predicted octanol–water partition coefficient (Wildman–Crippen LogP) is 3.76. The summed E-state index contributed by atoms with van der Waals surface area (Å²) < 4.78 is 0. The molecule has 1 atom stereocenters. The smallest absolute Gasteiger partial charge is 0.251 e. The Bertz CT molecular complexity index is 687.